The summed E-state index contributed by atoms with van der Waals surface area (Å²) in [5.41, 5.74) is 0. The lowest BCUT2D eigenvalue weighted by Gasteiger charge is -2.29. The van der Waals surface area contributed by atoms with Crippen LogP contribution in [0, 0.1) is 11.8 Å². The van der Waals surface area contributed by atoms with Crippen molar-refractivity contribution in [1.29, 1.82) is 0 Å². The highest BCUT2D eigenvalue weighted by atomic mass is 79.9. The van der Waals surface area contributed by atoms with Crippen molar-refractivity contribution in [2.24, 2.45) is 11.8 Å². The number of alkyl halides is 1. The molecule has 2 atom stereocenters. The van der Waals surface area contributed by atoms with Gasteiger partial charge in [-0.2, -0.15) is 0 Å². The second-order valence-corrected chi connectivity index (χ2v) is 6.33. The first-order valence-electron chi connectivity index (χ1n) is 6.46. The van der Waals surface area contributed by atoms with Crippen LogP contribution in [0.5, 0.6) is 0 Å². The highest BCUT2D eigenvalue weighted by Crippen LogP contribution is 2.26. The van der Waals surface area contributed by atoms with E-state index in [0.29, 0.717) is 17.9 Å². The highest BCUT2D eigenvalue weighted by Gasteiger charge is 2.25. The minimum Gasteiger partial charge on any atom is -0.352 e. The molecule has 1 saturated carbocycles. The van der Waals surface area contributed by atoms with E-state index in [-0.39, 0.29) is 10.7 Å². The van der Waals surface area contributed by atoms with Gasteiger partial charge in [0.25, 0.3) is 0 Å². The molecule has 0 radical (unpaired) electrons. The Balaban J connectivity index is 2.37. The Morgan fingerprint density at radius 2 is 1.75 bits per heavy atom. The minimum atomic E-state index is -0.0569. The number of amides is 1. The summed E-state index contributed by atoms with van der Waals surface area (Å²) in [5.74, 6) is 1.18. The molecule has 0 aromatic carbocycles. The van der Waals surface area contributed by atoms with Gasteiger partial charge >= 0.3 is 0 Å². The monoisotopic (exact) mass is 289 g/mol. The second kappa shape index (κ2) is 6.63. The average molecular weight is 290 g/mol. The third kappa shape index (κ3) is 4.08. The average Bonchev–Trinajstić information content (AvgIpc) is 2.28. The Kier molecular flexibility index (Phi) is 5.81. The molecule has 0 saturated heterocycles. The van der Waals surface area contributed by atoms with Crippen molar-refractivity contribution in [2.45, 2.75) is 63.7 Å². The summed E-state index contributed by atoms with van der Waals surface area (Å²) in [7, 11) is 0. The van der Waals surface area contributed by atoms with Gasteiger partial charge in [0.15, 0.2) is 0 Å². The second-order valence-electron chi connectivity index (χ2n) is 5.34. The molecule has 1 unspecified atom stereocenters. The Labute approximate surface area is 108 Å². The van der Waals surface area contributed by atoms with Crippen LogP contribution in [-0.2, 0) is 4.79 Å². The van der Waals surface area contributed by atoms with E-state index >= 15 is 0 Å². The fourth-order valence-corrected chi connectivity index (χ4v) is 2.49. The summed E-state index contributed by atoms with van der Waals surface area (Å²) in [6.45, 7) is 6.27. The van der Waals surface area contributed by atoms with Crippen molar-refractivity contribution >= 4 is 21.8 Å². The van der Waals surface area contributed by atoms with Crippen LogP contribution in [0.15, 0.2) is 0 Å². The van der Waals surface area contributed by atoms with Crippen molar-refractivity contribution in [3.63, 3.8) is 0 Å². The molecular weight excluding hydrogens is 266 g/mol. The lowest BCUT2D eigenvalue weighted by molar-refractivity contribution is -0.122. The molecule has 94 valence electrons. The van der Waals surface area contributed by atoms with Crippen LogP contribution >= 0.6 is 15.9 Å². The molecule has 1 aliphatic carbocycles. The molecule has 0 aliphatic heterocycles. The summed E-state index contributed by atoms with van der Waals surface area (Å²) >= 11 is 3.45. The van der Waals surface area contributed by atoms with Crippen LogP contribution in [0.4, 0.5) is 0 Å². The van der Waals surface area contributed by atoms with Gasteiger partial charge < -0.3 is 5.32 Å². The van der Waals surface area contributed by atoms with Crippen molar-refractivity contribution < 1.29 is 4.79 Å². The zero-order valence-corrected chi connectivity index (χ0v) is 12.2. The third-order valence-electron chi connectivity index (χ3n) is 3.56. The van der Waals surface area contributed by atoms with Gasteiger partial charge in [-0.15, -0.1) is 0 Å². The molecule has 0 bridgehead atoms. The van der Waals surface area contributed by atoms with E-state index in [1.807, 2.05) is 0 Å². The van der Waals surface area contributed by atoms with E-state index in [0.717, 1.165) is 0 Å². The van der Waals surface area contributed by atoms with Crippen LogP contribution in [0.25, 0.3) is 0 Å². The molecule has 1 N–H and O–H groups in total. The standard InChI is InChI=1S/C13H24BrNO/c1-9(2)12(14)13(16)15-10(3)11-7-5-4-6-8-11/h9-12H,4-8H2,1-3H3,(H,15,16)/t10-,12?/m0/s1. The lowest BCUT2D eigenvalue weighted by atomic mass is 9.84. The van der Waals surface area contributed by atoms with Crippen LogP contribution in [0.2, 0.25) is 0 Å². The van der Waals surface area contributed by atoms with Crippen LogP contribution in [0.1, 0.15) is 52.9 Å². The van der Waals surface area contributed by atoms with Crippen LogP contribution in [-0.4, -0.2) is 16.8 Å². The molecule has 1 aliphatic rings. The van der Waals surface area contributed by atoms with Gasteiger partial charge in [-0.1, -0.05) is 49.0 Å². The van der Waals surface area contributed by atoms with Gasteiger partial charge in [-0.25, -0.2) is 0 Å². The third-order valence-corrected chi connectivity index (χ3v) is 5.04. The number of carbonyl (C=O) groups excluding carboxylic acids is 1. The first kappa shape index (κ1) is 14.0. The largest absolute Gasteiger partial charge is 0.352 e. The minimum absolute atomic E-state index is 0.0569. The van der Waals surface area contributed by atoms with Gasteiger partial charge in [0.05, 0.1) is 4.83 Å². The predicted molar refractivity (Wildman–Crippen MR) is 71.7 cm³/mol. The quantitative estimate of drug-likeness (QED) is 0.789. The van der Waals surface area contributed by atoms with E-state index in [2.05, 4.69) is 42.0 Å². The Bertz CT molecular complexity index is 224. The van der Waals surface area contributed by atoms with E-state index in [1.165, 1.54) is 32.1 Å². The molecular formula is C13H24BrNO. The molecule has 1 fully saturated rings. The molecule has 1 amide bonds. The summed E-state index contributed by atoms with van der Waals surface area (Å²) < 4.78 is 0. The zero-order valence-electron chi connectivity index (χ0n) is 10.6. The molecule has 2 nitrogen and oxygen atoms in total. The first-order valence-corrected chi connectivity index (χ1v) is 7.38. The Hall–Kier alpha value is -0.0500. The Morgan fingerprint density at radius 1 is 1.19 bits per heavy atom. The molecule has 0 aromatic heterocycles. The maximum absolute atomic E-state index is 11.9. The van der Waals surface area contributed by atoms with E-state index in [9.17, 15) is 4.79 Å². The number of carbonyl (C=O) groups is 1. The number of halogens is 1. The van der Waals surface area contributed by atoms with Crippen LogP contribution < -0.4 is 5.32 Å². The van der Waals surface area contributed by atoms with Crippen molar-refractivity contribution in [3.05, 3.63) is 0 Å². The van der Waals surface area contributed by atoms with Crippen molar-refractivity contribution in [3.8, 4) is 0 Å². The summed E-state index contributed by atoms with van der Waals surface area (Å²) in [6, 6.07) is 0.326. The van der Waals surface area contributed by atoms with Gasteiger partial charge in [-0.3, -0.25) is 4.79 Å². The first-order chi connectivity index (χ1) is 7.52. The zero-order chi connectivity index (χ0) is 12.1. The van der Waals surface area contributed by atoms with Gasteiger partial charge in [0, 0.05) is 6.04 Å². The van der Waals surface area contributed by atoms with E-state index in [4.69, 9.17) is 0 Å². The van der Waals surface area contributed by atoms with Gasteiger partial charge in [0.1, 0.15) is 0 Å². The molecule has 16 heavy (non-hydrogen) atoms. The Morgan fingerprint density at radius 3 is 2.25 bits per heavy atom. The normalized spacial score (nSPS) is 21.8. The number of hydrogen-bond acceptors (Lipinski definition) is 1. The van der Waals surface area contributed by atoms with Gasteiger partial charge in [0.2, 0.25) is 5.91 Å². The topological polar surface area (TPSA) is 29.1 Å². The van der Waals surface area contributed by atoms with Crippen molar-refractivity contribution in [1.82, 2.24) is 5.32 Å². The molecule has 1 rings (SSSR count). The molecule has 0 aromatic rings. The highest BCUT2D eigenvalue weighted by molar-refractivity contribution is 9.10. The smallest absolute Gasteiger partial charge is 0.234 e. The summed E-state index contributed by atoms with van der Waals surface area (Å²) in [4.78, 5) is 11.8. The number of rotatable bonds is 4. The summed E-state index contributed by atoms with van der Waals surface area (Å²) in [6.07, 6.45) is 6.57. The SMILES string of the molecule is CC(C)C(Br)C(=O)N[C@@H](C)C1CCCCC1. The van der Waals surface area contributed by atoms with E-state index in [1.54, 1.807) is 0 Å². The molecule has 0 heterocycles. The van der Waals surface area contributed by atoms with Gasteiger partial charge in [-0.05, 0) is 31.6 Å². The summed E-state index contributed by atoms with van der Waals surface area (Å²) in [5, 5.41) is 3.14. The fraction of sp³-hybridized carbons (Fsp3) is 0.923. The molecule has 0 spiro atoms. The van der Waals surface area contributed by atoms with Crippen LogP contribution in [0.3, 0.4) is 0 Å². The van der Waals surface area contributed by atoms with E-state index < -0.39 is 0 Å². The molecule has 3 heteroatoms. The number of hydrogen-bond donors (Lipinski definition) is 1. The number of nitrogens with one attached hydrogen (secondary N) is 1. The lowest BCUT2D eigenvalue weighted by Crippen LogP contribution is -2.43. The fourth-order valence-electron chi connectivity index (χ4n) is 2.36. The maximum Gasteiger partial charge on any atom is 0.234 e. The van der Waals surface area contributed by atoms with Crippen molar-refractivity contribution in [2.75, 3.05) is 0 Å². The predicted octanol–water partition coefficient (Wildman–Crippen LogP) is 3.49. The maximum atomic E-state index is 11.9.